The number of rotatable bonds is 6. The minimum Gasteiger partial charge on any atom is -0.496 e. The Morgan fingerprint density at radius 1 is 0.967 bits per heavy atom. The Bertz CT molecular complexity index is 1060. The predicted octanol–water partition coefficient (Wildman–Crippen LogP) is 4.30. The SMILES string of the molecule is COc1cc(OC)c(C(=O)N2N=C(c3ccco3)C[C@@H]2c2ccccc2)cc1OC. The van der Waals surface area contributed by atoms with Gasteiger partial charge in [0.15, 0.2) is 11.5 Å². The van der Waals surface area contributed by atoms with E-state index in [0.29, 0.717) is 40.7 Å². The maximum atomic E-state index is 13.6. The largest absolute Gasteiger partial charge is 0.496 e. The minimum atomic E-state index is -0.303. The van der Waals surface area contributed by atoms with Gasteiger partial charge in [-0.15, -0.1) is 0 Å². The molecule has 0 N–H and O–H groups in total. The summed E-state index contributed by atoms with van der Waals surface area (Å²) in [6.45, 7) is 0. The second kappa shape index (κ2) is 8.32. The van der Waals surface area contributed by atoms with E-state index in [2.05, 4.69) is 5.10 Å². The molecule has 7 nitrogen and oxygen atoms in total. The van der Waals surface area contributed by atoms with Crippen molar-refractivity contribution in [1.82, 2.24) is 5.01 Å². The number of nitrogens with zero attached hydrogens (tertiary/aromatic N) is 2. The first kappa shape index (κ1) is 19.6. The number of carbonyl (C=O) groups excluding carboxylic acids is 1. The zero-order valence-corrected chi connectivity index (χ0v) is 17.0. The second-order valence-corrected chi connectivity index (χ2v) is 6.71. The van der Waals surface area contributed by atoms with Gasteiger partial charge in [-0.25, -0.2) is 5.01 Å². The first-order chi connectivity index (χ1) is 14.7. The van der Waals surface area contributed by atoms with Crippen LogP contribution < -0.4 is 14.2 Å². The molecule has 0 saturated carbocycles. The number of benzene rings is 2. The van der Waals surface area contributed by atoms with Crippen LogP contribution in [-0.4, -0.2) is 38.0 Å². The van der Waals surface area contributed by atoms with Gasteiger partial charge in [0.1, 0.15) is 17.2 Å². The lowest BCUT2D eigenvalue weighted by Crippen LogP contribution is -2.27. The van der Waals surface area contributed by atoms with Gasteiger partial charge in [0, 0.05) is 18.6 Å². The molecule has 1 aromatic heterocycles. The normalized spacial score (nSPS) is 15.6. The molecule has 3 aromatic rings. The molecule has 1 amide bonds. The van der Waals surface area contributed by atoms with Gasteiger partial charge in [0.25, 0.3) is 5.91 Å². The first-order valence-corrected chi connectivity index (χ1v) is 9.46. The Morgan fingerprint density at radius 3 is 2.30 bits per heavy atom. The molecule has 4 rings (SSSR count). The summed E-state index contributed by atoms with van der Waals surface area (Å²) < 4.78 is 21.7. The second-order valence-electron chi connectivity index (χ2n) is 6.71. The highest BCUT2D eigenvalue weighted by Gasteiger charge is 2.36. The Kier molecular flexibility index (Phi) is 5.43. The number of amides is 1. The number of carbonyl (C=O) groups is 1. The molecule has 154 valence electrons. The van der Waals surface area contributed by atoms with E-state index >= 15 is 0 Å². The van der Waals surface area contributed by atoms with E-state index in [1.807, 2.05) is 36.4 Å². The van der Waals surface area contributed by atoms with Crippen LogP contribution in [0.25, 0.3) is 0 Å². The molecule has 2 heterocycles. The standard InChI is InChI=1S/C23H22N2O5/c1-27-20-14-22(29-3)21(28-2)12-16(20)23(26)25-18(15-8-5-4-6-9-15)13-17(24-25)19-10-7-11-30-19/h4-12,14,18H,13H2,1-3H3/t18-/m1/s1. The summed E-state index contributed by atoms with van der Waals surface area (Å²) in [7, 11) is 4.56. The van der Waals surface area contributed by atoms with Crippen LogP contribution in [0.1, 0.15) is 34.1 Å². The number of hydrazone groups is 1. The van der Waals surface area contributed by atoms with E-state index in [9.17, 15) is 4.79 Å². The smallest absolute Gasteiger partial charge is 0.278 e. The average Bonchev–Trinajstić information content (AvgIpc) is 3.48. The lowest BCUT2D eigenvalue weighted by atomic mass is 10.0. The summed E-state index contributed by atoms with van der Waals surface area (Å²) >= 11 is 0. The summed E-state index contributed by atoms with van der Waals surface area (Å²) in [5.41, 5.74) is 2.03. The molecule has 0 bridgehead atoms. The first-order valence-electron chi connectivity index (χ1n) is 9.46. The van der Waals surface area contributed by atoms with Gasteiger partial charge >= 0.3 is 0 Å². The Labute approximate surface area is 174 Å². The van der Waals surface area contributed by atoms with Crippen molar-refractivity contribution in [2.24, 2.45) is 5.10 Å². The highest BCUT2D eigenvalue weighted by atomic mass is 16.5. The Morgan fingerprint density at radius 2 is 1.67 bits per heavy atom. The van der Waals surface area contributed by atoms with E-state index in [0.717, 1.165) is 5.56 Å². The summed E-state index contributed by atoms with van der Waals surface area (Å²) in [6.07, 6.45) is 2.14. The Hall–Kier alpha value is -3.74. The number of ether oxygens (including phenoxy) is 3. The fraction of sp³-hybridized carbons (Fsp3) is 0.217. The third-order valence-corrected chi connectivity index (χ3v) is 5.04. The molecule has 30 heavy (non-hydrogen) atoms. The molecule has 0 saturated heterocycles. The predicted molar refractivity (Wildman–Crippen MR) is 111 cm³/mol. The molecule has 1 aliphatic rings. The van der Waals surface area contributed by atoms with Crippen LogP contribution in [-0.2, 0) is 0 Å². The third-order valence-electron chi connectivity index (χ3n) is 5.04. The quantitative estimate of drug-likeness (QED) is 0.610. The molecular weight excluding hydrogens is 384 g/mol. The highest BCUT2D eigenvalue weighted by molar-refractivity contribution is 6.04. The number of furan rings is 1. The molecule has 0 radical (unpaired) electrons. The molecule has 7 heteroatoms. The van der Waals surface area contributed by atoms with Gasteiger partial charge < -0.3 is 18.6 Å². The van der Waals surface area contributed by atoms with Crippen molar-refractivity contribution in [3.8, 4) is 17.2 Å². The average molecular weight is 406 g/mol. The van der Waals surface area contributed by atoms with Crippen molar-refractivity contribution >= 4 is 11.6 Å². The van der Waals surface area contributed by atoms with Gasteiger partial charge in [0.05, 0.1) is 39.2 Å². The van der Waals surface area contributed by atoms with Gasteiger partial charge in [-0.3, -0.25) is 4.79 Å². The lowest BCUT2D eigenvalue weighted by molar-refractivity contribution is 0.0707. The molecule has 1 aliphatic heterocycles. The monoisotopic (exact) mass is 406 g/mol. The van der Waals surface area contributed by atoms with Crippen LogP contribution in [0.5, 0.6) is 17.2 Å². The zero-order valence-electron chi connectivity index (χ0n) is 17.0. The maximum Gasteiger partial charge on any atom is 0.278 e. The van der Waals surface area contributed by atoms with E-state index in [4.69, 9.17) is 18.6 Å². The van der Waals surface area contributed by atoms with E-state index < -0.39 is 0 Å². The minimum absolute atomic E-state index is 0.267. The molecule has 0 unspecified atom stereocenters. The molecule has 1 atom stereocenters. The summed E-state index contributed by atoms with van der Waals surface area (Å²) in [4.78, 5) is 13.6. The van der Waals surface area contributed by atoms with Crippen molar-refractivity contribution in [1.29, 1.82) is 0 Å². The maximum absolute atomic E-state index is 13.6. The van der Waals surface area contributed by atoms with Gasteiger partial charge in [-0.1, -0.05) is 30.3 Å². The van der Waals surface area contributed by atoms with Crippen molar-refractivity contribution in [3.05, 3.63) is 77.7 Å². The molecular formula is C23H22N2O5. The topological polar surface area (TPSA) is 73.5 Å². The number of hydrogen-bond acceptors (Lipinski definition) is 6. The van der Waals surface area contributed by atoms with Gasteiger partial charge in [-0.05, 0) is 17.7 Å². The van der Waals surface area contributed by atoms with Crippen LogP contribution >= 0.6 is 0 Å². The Balaban J connectivity index is 1.78. The fourth-order valence-electron chi connectivity index (χ4n) is 3.54. The van der Waals surface area contributed by atoms with Crippen molar-refractivity contribution in [3.63, 3.8) is 0 Å². The van der Waals surface area contributed by atoms with Crippen molar-refractivity contribution < 1.29 is 23.4 Å². The van der Waals surface area contributed by atoms with Crippen LogP contribution in [0.3, 0.4) is 0 Å². The van der Waals surface area contributed by atoms with Crippen molar-refractivity contribution in [2.45, 2.75) is 12.5 Å². The van der Waals surface area contributed by atoms with Crippen molar-refractivity contribution in [2.75, 3.05) is 21.3 Å². The summed E-state index contributed by atoms with van der Waals surface area (Å²) in [5, 5.41) is 6.10. The number of hydrogen-bond donors (Lipinski definition) is 0. The van der Waals surface area contributed by atoms with E-state index in [1.165, 1.54) is 26.3 Å². The zero-order chi connectivity index (χ0) is 21.1. The number of methoxy groups -OCH3 is 3. The lowest BCUT2D eigenvalue weighted by Gasteiger charge is -2.23. The van der Waals surface area contributed by atoms with Crippen LogP contribution in [0.15, 0.2) is 70.4 Å². The van der Waals surface area contributed by atoms with Crippen LogP contribution in [0.2, 0.25) is 0 Å². The highest BCUT2D eigenvalue weighted by Crippen LogP contribution is 2.39. The van der Waals surface area contributed by atoms with Gasteiger partial charge in [-0.2, -0.15) is 5.10 Å². The van der Waals surface area contributed by atoms with Crippen LogP contribution in [0, 0.1) is 0 Å². The third kappa shape index (κ3) is 3.50. The van der Waals surface area contributed by atoms with Crippen LogP contribution in [0.4, 0.5) is 0 Å². The van der Waals surface area contributed by atoms with Gasteiger partial charge in [0.2, 0.25) is 0 Å². The van der Waals surface area contributed by atoms with E-state index in [1.54, 1.807) is 24.5 Å². The fourth-order valence-corrected chi connectivity index (χ4v) is 3.54. The van der Waals surface area contributed by atoms with E-state index in [-0.39, 0.29) is 11.9 Å². The molecule has 0 aliphatic carbocycles. The molecule has 2 aromatic carbocycles. The summed E-state index contributed by atoms with van der Waals surface area (Å²) in [5.74, 6) is 1.64. The molecule has 0 fully saturated rings. The summed E-state index contributed by atoms with van der Waals surface area (Å²) in [6, 6.07) is 16.4. The molecule has 0 spiro atoms.